The third kappa shape index (κ3) is 5.93. The van der Waals surface area contributed by atoms with E-state index in [-0.39, 0.29) is 0 Å². The second-order valence-electron chi connectivity index (χ2n) is 14.8. The maximum atomic E-state index is 2.40. The summed E-state index contributed by atoms with van der Waals surface area (Å²) >= 11 is 0. The molecular weight excluding hydrogens is 677 g/mol. The van der Waals surface area contributed by atoms with Crippen LogP contribution in [0.25, 0.3) is 54.2 Å². The molecule has 0 aliphatic heterocycles. The van der Waals surface area contributed by atoms with Crippen molar-refractivity contribution >= 4 is 77.2 Å². The number of aryl methyl sites for hydroxylation is 2. The van der Waals surface area contributed by atoms with Crippen LogP contribution >= 0.6 is 0 Å². The van der Waals surface area contributed by atoms with Gasteiger partial charge in [0, 0.05) is 33.5 Å². The van der Waals surface area contributed by atoms with E-state index in [0.29, 0.717) is 0 Å². The van der Waals surface area contributed by atoms with Crippen LogP contribution in [-0.4, -0.2) is 0 Å². The third-order valence-electron chi connectivity index (χ3n) is 11.1. The van der Waals surface area contributed by atoms with Gasteiger partial charge in [0.2, 0.25) is 0 Å². The number of rotatable bonds is 7. The first-order valence-corrected chi connectivity index (χ1v) is 19.3. The Kier molecular flexibility index (Phi) is 8.30. The second kappa shape index (κ2) is 13.9. The van der Waals surface area contributed by atoms with Gasteiger partial charge in [0.15, 0.2) is 0 Å². The smallest absolute Gasteiger partial charge is 0.0546 e. The largest absolute Gasteiger partial charge is 0.310 e. The quantitative estimate of drug-likeness (QED) is 0.152. The van der Waals surface area contributed by atoms with Crippen molar-refractivity contribution in [1.29, 1.82) is 0 Å². The van der Waals surface area contributed by atoms with Crippen LogP contribution in [0.2, 0.25) is 0 Å². The van der Waals surface area contributed by atoms with E-state index >= 15 is 0 Å². The molecule has 0 amide bonds. The van der Waals surface area contributed by atoms with Crippen molar-refractivity contribution in [2.24, 2.45) is 0 Å². The molecule has 0 fully saturated rings. The van der Waals surface area contributed by atoms with Crippen LogP contribution in [0.1, 0.15) is 11.1 Å². The molecular formula is C54H40N2. The van der Waals surface area contributed by atoms with E-state index in [2.05, 4.69) is 230 Å². The van der Waals surface area contributed by atoms with Gasteiger partial charge in [-0.05, 0) is 118 Å². The van der Waals surface area contributed by atoms with Crippen molar-refractivity contribution in [2.45, 2.75) is 13.8 Å². The molecule has 0 saturated carbocycles. The molecule has 0 radical (unpaired) electrons. The number of nitrogens with zero attached hydrogens (tertiary/aromatic N) is 2. The number of benzene rings is 10. The third-order valence-corrected chi connectivity index (χ3v) is 11.1. The summed E-state index contributed by atoms with van der Waals surface area (Å²) in [6.07, 6.45) is 0. The standard InChI is InChI=1S/C54H40N2/c1-37-19-27-43(28-20-37)55(53-35-41-11-3-5-13-47(41)49-15-7-9-17-51(49)53)45-31-23-39(24-32-45)40-25-33-46(34-26-40)56(44-29-21-38(2)22-30-44)54-36-42-12-4-6-14-48(42)50-16-8-10-18-52(50)54/h3-36H,1-2H3. The molecule has 0 N–H and O–H groups in total. The van der Waals surface area contributed by atoms with Gasteiger partial charge < -0.3 is 9.80 Å². The first kappa shape index (κ1) is 33.4. The summed E-state index contributed by atoms with van der Waals surface area (Å²) in [5, 5.41) is 9.95. The van der Waals surface area contributed by atoms with E-state index in [1.807, 2.05) is 0 Å². The molecule has 0 unspecified atom stereocenters. The summed E-state index contributed by atoms with van der Waals surface area (Å²) in [5.41, 5.74) is 11.6. The van der Waals surface area contributed by atoms with Crippen LogP contribution in [0.4, 0.5) is 34.1 Å². The Morgan fingerprint density at radius 3 is 0.911 bits per heavy atom. The van der Waals surface area contributed by atoms with Gasteiger partial charge in [-0.1, -0.05) is 157 Å². The Morgan fingerprint density at radius 2 is 0.554 bits per heavy atom. The summed E-state index contributed by atoms with van der Waals surface area (Å²) in [6, 6.07) is 75.3. The van der Waals surface area contributed by atoms with Gasteiger partial charge in [0.25, 0.3) is 0 Å². The molecule has 0 bridgehead atoms. The molecule has 0 heterocycles. The maximum absolute atomic E-state index is 2.40. The average molecular weight is 717 g/mol. The number of anilines is 6. The predicted octanol–water partition coefficient (Wildman–Crippen LogP) is 15.5. The highest BCUT2D eigenvalue weighted by atomic mass is 15.1. The summed E-state index contributed by atoms with van der Waals surface area (Å²) < 4.78 is 0. The molecule has 0 aromatic heterocycles. The van der Waals surface area contributed by atoms with Crippen LogP contribution in [0.15, 0.2) is 206 Å². The molecule has 0 aliphatic rings. The Hall–Kier alpha value is -7.16. The maximum Gasteiger partial charge on any atom is 0.0546 e. The highest BCUT2D eigenvalue weighted by Crippen LogP contribution is 2.44. The zero-order valence-electron chi connectivity index (χ0n) is 31.5. The summed E-state index contributed by atoms with van der Waals surface area (Å²) in [7, 11) is 0. The Balaban J connectivity index is 1.06. The molecule has 0 atom stereocenters. The summed E-state index contributed by atoms with van der Waals surface area (Å²) in [6.45, 7) is 4.28. The van der Waals surface area contributed by atoms with Gasteiger partial charge >= 0.3 is 0 Å². The minimum absolute atomic E-state index is 1.11. The number of fused-ring (bicyclic) bond motifs is 6. The summed E-state index contributed by atoms with van der Waals surface area (Å²) in [5.74, 6) is 0. The Bertz CT molecular complexity index is 2810. The molecule has 0 saturated heterocycles. The monoisotopic (exact) mass is 716 g/mol. The fraction of sp³-hybridized carbons (Fsp3) is 0.0370. The molecule has 2 nitrogen and oxygen atoms in total. The molecule has 2 heteroatoms. The molecule has 0 spiro atoms. The van der Waals surface area contributed by atoms with E-state index in [0.717, 1.165) is 34.1 Å². The van der Waals surface area contributed by atoms with Crippen molar-refractivity contribution in [3.63, 3.8) is 0 Å². The normalized spacial score (nSPS) is 11.4. The van der Waals surface area contributed by atoms with Crippen molar-refractivity contribution < 1.29 is 0 Å². The lowest BCUT2D eigenvalue weighted by Gasteiger charge is -2.28. The van der Waals surface area contributed by atoms with Gasteiger partial charge in [-0.3, -0.25) is 0 Å². The fourth-order valence-electron chi connectivity index (χ4n) is 8.29. The first-order chi connectivity index (χ1) is 27.6. The second-order valence-corrected chi connectivity index (χ2v) is 14.8. The molecule has 0 aliphatic carbocycles. The van der Waals surface area contributed by atoms with Gasteiger partial charge in [0.1, 0.15) is 0 Å². The van der Waals surface area contributed by atoms with Crippen LogP contribution in [-0.2, 0) is 0 Å². The highest BCUT2D eigenvalue weighted by Gasteiger charge is 2.19. The van der Waals surface area contributed by atoms with Crippen molar-refractivity contribution in [3.05, 3.63) is 217 Å². The lowest BCUT2D eigenvalue weighted by molar-refractivity contribution is 1.29. The summed E-state index contributed by atoms with van der Waals surface area (Å²) in [4.78, 5) is 4.79. The minimum atomic E-state index is 1.11. The van der Waals surface area contributed by atoms with Crippen LogP contribution < -0.4 is 9.80 Å². The zero-order valence-corrected chi connectivity index (χ0v) is 31.5. The van der Waals surface area contributed by atoms with E-state index in [1.165, 1.54) is 65.3 Å². The van der Waals surface area contributed by atoms with Gasteiger partial charge in [-0.15, -0.1) is 0 Å². The average Bonchev–Trinajstić information content (AvgIpc) is 3.26. The van der Waals surface area contributed by atoms with E-state index in [4.69, 9.17) is 0 Å². The lowest BCUT2D eigenvalue weighted by atomic mass is 9.98. The van der Waals surface area contributed by atoms with Crippen LogP contribution in [0.5, 0.6) is 0 Å². The topological polar surface area (TPSA) is 6.48 Å². The van der Waals surface area contributed by atoms with Gasteiger partial charge in [-0.2, -0.15) is 0 Å². The first-order valence-electron chi connectivity index (χ1n) is 19.3. The predicted molar refractivity (Wildman–Crippen MR) is 241 cm³/mol. The van der Waals surface area contributed by atoms with Gasteiger partial charge in [0.05, 0.1) is 11.4 Å². The number of hydrogen-bond acceptors (Lipinski definition) is 2. The van der Waals surface area contributed by atoms with Crippen molar-refractivity contribution in [2.75, 3.05) is 9.80 Å². The van der Waals surface area contributed by atoms with Crippen molar-refractivity contribution in [3.8, 4) is 11.1 Å². The van der Waals surface area contributed by atoms with Crippen molar-refractivity contribution in [1.82, 2.24) is 0 Å². The Labute approximate surface area is 328 Å². The number of hydrogen-bond donors (Lipinski definition) is 0. The molecule has 10 aromatic carbocycles. The molecule has 10 aromatic rings. The fourth-order valence-corrected chi connectivity index (χ4v) is 8.29. The van der Waals surface area contributed by atoms with E-state index < -0.39 is 0 Å². The van der Waals surface area contributed by atoms with Crippen LogP contribution in [0.3, 0.4) is 0 Å². The van der Waals surface area contributed by atoms with E-state index in [1.54, 1.807) is 0 Å². The Morgan fingerprint density at radius 1 is 0.268 bits per heavy atom. The van der Waals surface area contributed by atoms with E-state index in [9.17, 15) is 0 Å². The molecule has 10 rings (SSSR count). The van der Waals surface area contributed by atoms with Crippen LogP contribution in [0, 0.1) is 13.8 Å². The SMILES string of the molecule is Cc1ccc(N(c2ccc(-c3ccc(N(c4ccc(C)cc4)c4cc5ccccc5c5ccccc45)cc3)cc2)c2cc3ccccc3c3ccccc23)cc1. The molecule has 266 valence electrons. The molecule has 56 heavy (non-hydrogen) atoms. The zero-order chi connectivity index (χ0) is 37.6. The minimum Gasteiger partial charge on any atom is -0.310 e. The highest BCUT2D eigenvalue weighted by molar-refractivity contribution is 6.15. The lowest BCUT2D eigenvalue weighted by Crippen LogP contribution is -2.11. The van der Waals surface area contributed by atoms with Gasteiger partial charge in [-0.25, -0.2) is 0 Å².